The molecule has 36 heavy (non-hydrogen) atoms. The number of piperazine rings is 1. The van der Waals surface area contributed by atoms with Gasteiger partial charge in [-0.1, -0.05) is 6.58 Å². The predicted octanol–water partition coefficient (Wildman–Crippen LogP) is 2.68. The van der Waals surface area contributed by atoms with Gasteiger partial charge in [-0.3, -0.25) is 14.8 Å². The molecular weight excluding hydrogens is 456 g/mol. The van der Waals surface area contributed by atoms with Gasteiger partial charge in [0.2, 0.25) is 11.9 Å². The van der Waals surface area contributed by atoms with Crippen molar-refractivity contribution in [3.05, 3.63) is 61.6 Å². The van der Waals surface area contributed by atoms with E-state index in [0.717, 1.165) is 37.7 Å². The summed E-state index contributed by atoms with van der Waals surface area (Å²) in [6, 6.07) is 9.13. The van der Waals surface area contributed by atoms with E-state index in [0.29, 0.717) is 39.7 Å². The summed E-state index contributed by atoms with van der Waals surface area (Å²) in [6.07, 6.45) is 6.18. The Labute approximate surface area is 208 Å². The molecule has 182 valence electrons. The maximum absolute atomic E-state index is 11.9. The molecule has 5 rings (SSSR count). The molecule has 4 aromatic heterocycles. The Morgan fingerprint density at radius 2 is 1.83 bits per heavy atom. The third kappa shape index (κ3) is 4.77. The van der Waals surface area contributed by atoms with Crippen LogP contribution in [-0.2, 0) is 4.79 Å². The minimum atomic E-state index is -0.353. The van der Waals surface area contributed by atoms with Gasteiger partial charge in [-0.15, -0.1) is 0 Å². The Morgan fingerprint density at radius 1 is 1.03 bits per heavy atom. The van der Waals surface area contributed by atoms with Crippen molar-refractivity contribution in [1.82, 2.24) is 29.8 Å². The van der Waals surface area contributed by atoms with Crippen molar-refractivity contribution in [3.63, 3.8) is 0 Å². The van der Waals surface area contributed by atoms with E-state index in [1.54, 1.807) is 36.8 Å². The third-order valence-corrected chi connectivity index (χ3v) is 5.95. The van der Waals surface area contributed by atoms with Crippen molar-refractivity contribution >= 4 is 45.8 Å². The number of hydrogen-bond donors (Lipinski definition) is 3. The van der Waals surface area contributed by atoms with Crippen LogP contribution in [0.25, 0.3) is 22.3 Å². The molecule has 0 aromatic carbocycles. The first-order valence-corrected chi connectivity index (χ1v) is 11.5. The lowest BCUT2D eigenvalue weighted by Gasteiger charge is -2.33. The summed E-state index contributed by atoms with van der Waals surface area (Å²) in [7, 11) is 2.12. The summed E-state index contributed by atoms with van der Waals surface area (Å²) >= 11 is 0. The molecule has 0 bridgehead atoms. The van der Waals surface area contributed by atoms with Crippen LogP contribution in [0.15, 0.2) is 61.6 Å². The summed E-state index contributed by atoms with van der Waals surface area (Å²) in [6.45, 7) is 7.41. The third-order valence-electron chi connectivity index (χ3n) is 5.95. The van der Waals surface area contributed by atoms with E-state index >= 15 is 0 Å². The Morgan fingerprint density at radius 3 is 2.58 bits per heavy atom. The van der Waals surface area contributed by atoms with E-state index in [-0.39, 0.29) is 5.91 Å². The lowest BCUT2D eigenvalue weighted by Crippen LogP contribution is -2.44. The zero-order valence-electron chi connectivity index (χ0n) is 19.8. The summed E-state index contributed by atoms with van der Waals surface area (Å²) in [4.78, 5) is 39.1. The quantitative estimate of drug-likeness (QED) is 0.352. The number of fused-ring (bicyclic) bond motifs is 1. The number of carbonyl (C=O) groups excluding carboxylic acids is 1. The normalized spacial score (nSPS) is 14.0. The van der Waals surface area contributed by atoms with Crippen LogP contribution in [-0.4, -0.2) is 69.0 Å². The molecule has 0 spiro atoms. The Balaban J connectivity index is 1.46. The number of nitrogens with one attached hydrogen (secondary N) is 2. The van der Waals surface area contributed by atoms with Crippen LogP contribution in [0.1, 0.15) is 0 Å². The van der Waals surface area contributed by atoms with Gasteiger partial charge in [0.05, 0.1) is 17.6 Å². The minimum absolute atomic E-state index is 0.292. The van der Waals surface area contributed by atoms with Crippen LogP contribution in [0, 0.1) is 0 Å². The summed E-state index contributed by atoms with van der Waals surface area (Å²) in [5.74, 6) is 1.17. The molecule has 0 aliphatic carbocycles. The number of carbonyl (C=O) groups is 1. The highest BCUT2D eigenvalue weighted by Crippen LogP contribution is 2.32. The molecule has 11 nitrogen and oxygen atoms in total. The topological polar surface area (TPSA) is 138 Å². The molecule has 1 fully saturated rings. The highest BCUT2D eigenvalue weighted by Gasteiger charge is 2.18. The van der Waals surface area contributed by atoms with E-state index in [9.17, 15) is 4.79 Å². The fraction of sp³-hybridized carbons (Fsp3) is 0.200. The lowest BCUT2D eigenvalue weighted by molar-refractivity contribution is -0.111. The van der Waals surface area contributed by atoms with Gasteiger partial charge in [-0.2, -0.15) is 4.98 Å². The molecule has 5 heterocycles. The van der Waals surface area contributed by atoms with Crippen LogP contribution in [0.2, 0.25) is 0 Å². The highest BCUT2D eigenvalue weighted by molar-refractivity contribution is 6.04. The minimum Gasteiger partial charge on any atom is -0.383 e. The fourth-order valence-corrected chi connectivity index (χ4v) is 4.00. The molecular formula is C25H26N10O. The predicted molar refractivity (Wildman–Crippen MR) is 141 cm³/mol. The zero-order valence-corrected chi connectivity index (χ0v) is 19.8. The van der Waals surface area contributed by atoms with Crippen LogP contribution in [0.3, 0.4) is 0 Å². The first-order chi connectivity index (χ1) is 17.5. The molecule has 0 saturated carbocycles. The van der Waals surface area contributed by atoms with Crippen molar-refractivity contribution in [1.29, 1.82) is 0 Å². The number of hydrogen-bond acceptors (Lipinski definition) is 10. The monoisotopic (exact) mass is 482 g/mol. The summed E-state index contributed by atoms with van der Waals surface area (Å²) in [5.41, 5.74) is 8.92. The molecule has 4 aromatic rings. The number of likely N-dealkylation sites (N-methyl/N-ethyl adjacent to an activating group) is 1. The van der Waals surface area contributed by atoms with E-state index in [4.69, 9.17) is 5.73 Å². The average molecular weight is 483 g/mol. The van der Waals surface area contributed by atoms with Crippen molar-refractivity contribution in [2.24, 2.45) is 0 Å². The van der Waals surface area contributed by atoms with Gasteiger partial charge in [0.1, 0.15) is 28.5 Å². The van der Waals surface area contributed by atoms with Gasteiger partial charge in [0.15, 0.2) is 0 Å². The van der Waals surface area contributed by atoms with Crippen LogP contribution in [0.4, 0.5) is 29.0 Å². The number of rotatable bonds is 6. The largest absolute Gasteiger partial charge is 0.383 e. The first-order valence-electron chi connectivity index (χ1n) is 11.5. The Kier molecular flexibility index (Phi) is 6.37. The lowest BCUT2D eigenvalue weighted by atomic mass is 10.1. The maximum atomic E-state index is 11.9. The van der Waals surface area contributed by atoms with Crippen LogP contribution in [0.5, 0.6) is 0 Å². The van der Waals surface area contributed by atoms with Gasteiger partial charge in [0, 0.05) is 44.0 Å². The molecule has 4 N–H and O–H groups in total. The van der Waals surface area contributed by atoms with Crippen molar-refractivity contribution in [2.75, 3.05) is 54.5 Å². The molecule has 11 heteroatoms. The van der Waals surface area contributed by atoms with E-state index < -0.39 is 0 Å². The second-order valence-corrected chi connectivity index (χ2v) is 8.40. The van der Waals surface area contributed by atoms with Gasteiger partial charge in [-0.25, -0.2) is 9.97 Å². The molecule has 1 amide bonds. The maximum Gasteiger partial charge on any atom is 0.247 e. The molecule has 0 atom stereocenters. The second kappa shape index (κ2) is 9.92. The SMILES string of the molecule is C=CC(=O)Nc1cccnc1-c1nccc2c(N)nc(Nc3ccc(N4CCN(C)CC4)nc3)nc12. The van der Waals surface area contributed by atoms with Crippen LogP contribution >= 0.6 is 0 Å². The van der Waals surface area contributed by atoms with Crippen molar-refractivity contribution in [2.45, 2.75) is 0 Å². The number of amides is 1. The van der Waals surface area contributed by atoms with Crippen molar-refractivity contribution in [3.8, 4) is 11.4 Å². The molecule has 1 saturated heterocycles. The number of anilines is 5. The van der Waals surface area contributed by atoms with Crippen LogP contribution < -0.4 is 21.3 Å². The fourth-order valence-electron chi connectivity index (χ4n) is 4.00. The number of nitrogens with zero attached hydrogens (tertiary/aromatic N) is 7. The highest BCUT2D eigenvalue weighted by atomic mass is 16.1. The molecule has 0 unspecified atom stereocenters. The standard InChI is InChI=1S/C25H26N10O/c1-3-20(36)31-18-5-4-9-27-22(18)23-21-17(8-10-28-23)24(26)33-25(32-21)30-16-6-7-19(29-15-16)35-13-11-34(2)12-14-35/h3-10,15H,1,11-14H2,2H3,(H,31,36)(H3,26,30,32,33). The van der Waals surface area contributed by atoms with Crippen molar-refractivity contribution < 1.29 is 4.79 Å². The summed E-state index contributed by atoms with van der Waals surface area (Å²) in [5, 5.41) is 6.57. The number of aromatic nitrogens is 5. The number of nitrogen functional groups attached to an aromatic ring is 1. The summed E-state index contributed by atoms with van der Waals surface area (Å²) < 4.78 is 0. The smallest absolute Gasteiger partial charge is 0.247 e. The van der Waals surface area contributed by atoms with E-state index in [1.807, 2.05) is 12.1 Å². The van der Waals surface area contributed by atoms with E-state index in [2.05, 4.69) is 59.0 Å². The van der Waals surface area contributed by atoms with Gasteiger partial charge in [0.25, 0.3) is 0 Å². The number of pyridine rings is 3. The average Bonchev–Trinajstić information content (AvgIpc) is 2.90. The van der Waals surface area contributed by atoms with Gasteiger partial charge < -0.3 is 26.2 Å². The first kappa shape index (κ1) is 23.1. The number of nitrogens with two attached hydrogens (primary N) is 1. The Hall–Kier alpha value is -4.64. The van der Waals surface area contributed by atoms with E-state index in [1.165, 1.54) is 6.08 Å². The van der Waals surface area contributed by atoms with Gasteiger partial charge >= 0.3 is 0 Å². The Bertz CT molecular complexity index is 1410. The molecule has 1 aliphatic heterocycles. The zero-order chi connectivity index (χ0) is 25.1. The molecule has 0 radical (unpaired) electrons. The molecule has 1 aliphatic rings. The second-order valence-electron chi connectivity index (χ2n) is 8.40. The van der Waals surface area contributed by atoms with Gasteiger partial charge in [-0.05, 0) is 43.5 Å².